The fourth-order valence-electron chi connectivity index (χ4n) is 3.62. The Bertz CT molecular complexity index is 1020. The van der Waals surface area contributed by atoms with Crippen molar-refractivity contribution in [2.24, 2.45) is 0 Å². The number of benzene rings is 1. The average Bonchev–Trinajstić information content (AvgIpc) is 3.06. The minimum absolute atomic E-state index is 0.0169. The van der Waals surface area contributed by atoms with Crippen LogP contribution in [0.2, 0.25) is 0 Å². The number of nitrogens with one attached hydrogen (secondary N) is 1. The van der Waals surface area contributed by atoms with Gasteiger partial charge in [0.25, 0.3) is 5.91 Å². The maximum atomic E-state index is 12.9. The summed E-state index contributed by atoms with van der Waals surface area (Å²) in [6.07, 6.45) is 1.71. The molecule has 0 unspecified atom stereocenters. The fourth-order valence-corrected chi connectivity index (χ4v) is 3.62. The molecule has 1 aromatic carbocycles. The molecule has 0 spiro atoms. The largest absolute Gasteiger partial charge is 0.416 e. The van der Waals surface area contributed by atoms with E-state index in [4.69, 9.17) is 0 Å². The van der Waals surface area contributed by atoms with Crippen LogP contribution in [0.3, 0.4) is 0 Å². The van der Waals surface area contributed by atoms with E-state index in [1.165, 1.54) is 18.3 Å². The van der Waals surface area contributed by atoms with Crippen molar-refractivity contribution in [2.45, 2.75) is 37.9 Å². The van der Waals surface area contributed by atoms with Crippen molar-refractivity contribution in [3.8, 4) is 5.69 Å². The molecule has 0 radical (unpaired) electrons. The molecule has 29 heavy (non-hydrogen) atoms. The Morgan fingerprint density at radius 2 is 1.90 bits per heavy atom. The molecule has 1 saturated carbocycles. The van der Waals surface area contributed by atoms with Crippen LogP contribution in [0.15, 0.2) is 55.0 Å². The zero-order valence-electron chi connectivity index (χ0n) is 15.6. The van der Waals surface area contributed by atoms with Crippen LogP contribution < -0.4 is 5.32 Å². The molecule has 0 atom stereocenters. The van der Waals surface area contributed by atoms with Gasteiger partial charge in [0.15, 0.2) is 0 Å². The third-order valence-corrected chi connectivity index (χ3v) is 5.32. The van der Waals surface area contributed by atoms with Crippen LogP contribution in [0.5, 0.6) is 0 Å². The highest BCUT2D eigenvalue weighted by Crippen LogP contribution is 2.39. The van der Waals surface area contributed by atoms with Gasteiger partial charge in [-0.3, -0.25) is 9.78 Å². The Labute approximate surface area is 165 Å². The molecule has 8 heteroatoms. The molecule has 2 heterocycles. The second-order valence-corrected chi connectivity index (χ2v) is 7.22. The molecule has 4 rings (SSSR count). The molecule has 1 aliphatic carbocycles. The van der Waals surface area contributed by atoms with Crippen molar-refractivity contribution in [2.75, 3.05) is 0 Å². The molecule has 150 valence electrons. The van der Waals surface area contributed by atoms with Crippen LogP contribution in [0.25, 0.3) is 5.69 Å². The van der Waals surface area contributed by atoms with Gasteiger partial charge in [0, 0.05) is 18.4 Å². The number of aromatic nitrogens is 3. The first kappa shape index (κ1) is 19.2. The molecule has 5 nitrogen and oxygen atoms in total. The number of amides is 1. The predicted molar refractivity (Wildman–Crippen MR) is 101 cm³/mol. The number of carbonyl (C=O) groups is 1. The number of pyridine rings is 1. The number of nitrogens with zero attached hydrogens (tertiary/aromatic N) is 3. The standard InChI is InChI=1S/C21H19F3N4O/c1-13-19(12-26-28(13)18-5-7-25-8-6-18)20(29)27-17-10-15(11-17)14-3-2-4-16(9-14)21(22,23)24/h2-9,12,15,17H,10-11H2,1H3,(H,27,29). The summed E-state index contributed by atoms with van der Waals surface area (Å²) in [5.41, 5.74) is 2.02. The topological polar surface area (TPSA) is 59.8 Å². The smallest absolute Gasteiger partial charge is 0.349 e. The maximum absolute atomic E-state index is 12.9. The van der Waals surface area contributed by atoms with Crippen molar-refractivity contribution in [3.63, 3.8) is 0 Å². The Balaban J connectivity index is 1.39. The van der Waals surface area contributed by atoms with Crippen LogP contribution in [0, 0.1) is 6.92 Å². The lowest BCUT2D eigenvalue weighted by Gasteiger charge is -2.36. The van der Waals surface area contributed by atoms with Gasteiger partial charge >= 0.3 is 6.18 Å². The zero-order chi connectivity index (χ0) is 20.6. The van der Waals surface area contributed by atoms with Gasteiger partial charge in [0.2, 0.25) is 0 Å². The molecule has 1 N–H and O–H groups in total. The van der Waals surface area contributed by atoms with Gasteiger partial charge in [-0.15, -0.1) is 0 Å². The van der Waals surface area contributed by atoms with Gasteiger partial charge in [0.05, 0.1) is 28.7 Å². The molecule has 3 aromatic rings. The molecular weight excluding hydrogens is 381 g/mol. The van der Waals surface area contributed by atoms with Crippen LogP contribution in [0.4, 0.5) is 13.2 Å². The Hall–Kier alpha value is -3.16. The number of alkyl halides is 3. The van der Waals surface area contributed by atoms with Gasteiger partial charge in [-0.1, -0.05) is 18.2 Å². The first-order chi connectivity index (χ1) is 13.8. The maximum Gasteiger partial charge on any atom is 0.416 e. The third kappa shape index (κ3) is 3.87. The Kier molecular flexibility index (Phi) is 4.86. The molecule has 0 aliphatic heterocycles. The normalized spacial score (nSPS) is 18.9. The fraction of sp³-hybridized carbons (Fsp3) is 0.286. The van der Waals surface area contributed by atoms with Crippen LogP contribution in [-0.2, 0) is 6.18 Å². The van der Waals surface area contributed by atoms with E-state index in [-0.39, 0.29) is 17.9 Å². The van der Waals surface area contributed by atoms with Gasteiger partial charge in [-0.25, -0.2) is 4.68 Å². The summed E-state index contributed by atoms with van der Waals surface area (Å²) in [6.45, 7) is 1.81. The lowest BCUT2D eigenvalue weighted by Crippen LogP contribution is -2.43. The van der Waals surface area contributed by atoms with E-state index in [9.17, 15) is 18.0 Å². The summed E-state index contributed by atoms with van der Waals surface area (Å²) >= 11 is 0. The highest BCUT2D eigenvalue weighted by atomic mass is 19.4. The van der Waals surface area contributed by atoms with E-state index in [1.807, 2.05) is 6.92 Å². The summed E-state index contributed by atoms with van der Waals surface area (Å²) in [6, 6.07) is 8.95. The Morgan fingerprint density at radius 3 is 2.59 bits per heavy atom. The van der Waals surface area contributed by atoms with Crippen molar-refractivity contribution in [1.29, 1.82) is 0 Å². The van der Waals surface area contributed by atoms with E-state index in [0.717, 1.165) is 11.8 Å². The molecule has 0 bridgehead atoms. The number of carbonyl (C=O) groups excluding carboxylic acids is 1. The first-order valence-corrected chi connectivity index (χ1v) is 9.26. The van der Waals surface area contributed by atoms with Gasteiger partial charge < -0.3 is 5.32 Å². The molecule has 0 saturated heterocycles. The van der Waals surface area contributed by atoms with Gasteiger partial charge in [-0.05, 0) is 49.4 Å². The zero-order valence-corrected chi connectivity index (χ0v) is 15.6. The second kappa shape index (κ2) is 7.35. The number of hydrogen-bond acceptors (Lipinski definition) is 3. The second-order valence-electron chi connectivity index (χ2n) is 7.22. The van der Waals surface area contributed by atoms with Crippen LogP contribution in [0.1, 0.15) is 45.9 Å². The lowest BCUT2D eigenvalue weighted by molar-refractivity contribution is -0.137. The number of rotatable bonds is 4. The minimum Gasteiger partial charge on any atom is -0.349 e. The lowest BCUT2D eigenvalue weighted by atomic mass is 9.75. The highest BCUT2D eigenvalue weighted by molar-refractivity contribution is 5.95. The van der Waals surface area contributed by atoms with E-state index in [0.29, 0.717) is 29.7 Å². The number of hydrogen-bond donors (Lipinski definition) is 1. The monoisotopic (exact) mass is 400 g/mol. The molecule has 2 aromatic heterocycles. The van der Waals surface area contributed by atoms with Crippen molar-refractivity contribution < 1.29 is 18.0 Å². The average molecular weight is 400 g/mol. The molecule has 1 aliphatic rings. The van der Waals surface area contributed by atoms with E-state index in [2.05, 4.69) is 15.4 Å². The van der Waals surface area contributed by atoms with E-state index in [1.54, 1.807) is 35.3 Å². The summed E-state index contributed by atoms with van der Waals surface area (Å²) < 4.78 is 40.3. The summed E-state index contributed by atoms with van der Waals surface area (Å²) in [5.74, 6) is -0.210. The quantitative estimate of drug-likeness (QED) is 0.712. The first-order valence-electron chi connectivity index (χ1n) is 9.26. The molecule has 1 fully saturated rings. The Morgan fingerprint density at radius 1 is 1.17 bits per heavy atom. The van der Waals surface area contributed by atoms with Crippen LogP contribution >= 0.6 is 0 Å². The number of halogens is 3. The van der Waals surface area contributed by atoms with Gasteiger partial charge in [0.1, 0.15) is 0 Å². The van der Waals surface area contributed by atoms with Gasteiger partial charge in [-0.2, -0.15) is 18.3 Å². The predicted octanol–water partition coefficient (Wildman–Crippen LogP) is 4.27. The summed E-state index contributed by atoms with van der Waals surface area (Å²) in [5, 5.41) is 7.23. The minimum atomic E-state index is -4.35. The van der Waals surface area contributed by atoms with Crippen LogP contribution in [-0.4, -0.2) is 26.7 Å². The van der Waals surface area contributed by atoms with E-state index < -0.39 is 11.7 Å². The molecular formula is C21H19F3N4O. The van der Waals surface area contributed by atoms with Crippen molar-refractivity contribution >= 4 is 5.91 Å². The van der Waals surface area contributed by atoms with Crippen molar-refractivity contribution in [3.05, 3.63) is 77.4 Å². The van der Waals surface area contributed by atoms with Crippen molar-refractivity contribution in [1.82, 2.24) is 20.1 Å². The third-order valence-electron chi connectivity index (χ3n) is 5.32. The van der Waals surface area contributed by atoms with E-state index >= 15 is 0 Å². The SMILES string of the molecule is Cc1c(C(=O)NC2CC(c3cccc(C(F)(F)F)c3)C2)cnn1-c1ccncc1. The molecule has 1 amide bonds. The highest BCUT2D eigenvalue weighted by Gasteiger charge is 2.35. The summed E-state index contributed by atoms with van der Waals surface area (Å²) in [4.78, 5) is 16.6. The summed E-state index contributed by atoms with van der Waals surface area (Å²) in [7, 11) is 0.